The number of benzene rings is 1. The SMILES string of the molecule is Cc1cc(C(=O)N[C@H](C(=O)C[C@@H](Cc2ccc(F)cc2)C(=O)O)C(C)C)no1.[HH]. The predicted octanol–water partition coefficient (Wildman–Crippen LogP) is 3.03. The topological polar surface area (TPSA) is 110 Å². The number of carbonyl (C=O) groups excluding carboxylic acids is 2. The van der Waals surface area contributed by atoms with Crippen molar-refractivity contribution in [2.24, 2.45) is 11.8 Å². The molecule has 7 nitrogen and oxygen atoms in total. The summed E-state index contributed by atoms with van der Waals surface area (Å²) in [5.74, 6) is -3.26. The van der Waals surface area contributed by atoms with Gasteiger partial charge in [0.2, 0.25) is 0 Å². The van der Waals surface area contributed by atoms with Gasteiger partial charge in [-0.15, -0.1) is 0 Å². The van der Waals surface area contributed by atoms with Crippen LogP contribution in [0.2, 0.25) is 0 Å². The van der Waals surface area contributed by atoms with Crippen molar-refractivity contribution < 1.29 is 29.8 Å². The van der Waals surface area contributed by atoms with Gasteiger partial charge in [-0.05, 0) is 37.0 Å². The van der Waals surface area contributed by atoms with Crippen LogP contribution >= 0.6 is 0 Å². The van der Waals surface area contributed by atoms with Crippen LogP contribution in [0.4, 0.5) is 4.39 Å². The lowest BCUT2D eigenvalue weighted by molar-refractivity contribution is -0.144. The molecule has 0 aliphatic rings. The largest absolute Gasteiger partial charge is 0.481 e. The van der Waals surface area contributed by atoms with Crippen molar-refractivity contribution in [2.75, 3.05) is 0 Å². The van der Waals surface area contributed by atoms with Crippen LogP contribution in [-0.2, 0) is 16.0 Å². The molecule has 0 unspecified atom stereocenters. The first kappa shape index (κ1) is 21.3. The molecule has 0 bridgehead atoms. The molecule has 0 radical (unpaired) electrons. The molecule has 2 N–H and O–H groups in total. The first-order valence-corrected chi connectivity index (χ1v) is 8.91. The van der Waals surface area contributed by atoms with E-state index >= 15 is 0 Å². The maximum atomic E-state index is 13.0. The summed E-state index contributed by atoms with van der Waals surface area (Å²) >= 11 is 0. The van der Waals surface area contributed by atoms with Crippen molar-refractivity contribution in [1.29, 1.82) is 0 Å². The molecule has 0 aliphatic heterocycles. The molecule has 1 aromatic carbocycles. The van der Waals surface area contributed by atoms with Gasteiger partial charge >= 0.3 is 5.97 Å². The number of aliphatic carboxylic acids is 1. The van der Waals surface area contributed by atoms with Crippen LogP contribution in [0.25, 0.3) is 0 Å². The monoisotopic (exact) mass is 392 g/mol. The number of ketones is 1. The van der Waals surface area contributed by atoms with E-state index in [0.717, 1.165) is 0 Å². The Morgan fingerprint density at radius 1 is 1.25 bits per heavy atom. The molecular weight excluding hydrogens is 367 g/mol. The summed E-state index contributed by atoms with van der Waals surface area (Å²) < 4.78 is 17.9. The molecule has 1 aromatic heterocycles. The third kappa shape index (κ3) is 5.73. The van der Waals surface area contributed by atoms with Crippen LogP contribution in [0.1, 0.15) is 43.5 Å². The number of rotatable bonds is 9. The molecule has 0 saturated carbocycles. The van der Waals surface area contributed by atoms with Crippen LogP contribution < -0.4 is 5.32 Å². The van der Waals surface area contributed by atoms with E-state index in [2.05, 4.69) is 10.5 Å². The standard InChI is InChI=1S/C20H23FN2O5.H2/c1-11(2)18(22-19(25)16-8-12(3)28-23-16)17(24)10-14(20(26)27)9-13-4-6-15(21)7-5-13;/h4-8,11,14,18H,9-10H2,1-3H3,(H,22,25)(H,26,27);1H/t14-,18+;/m1./s1. The number of aryl methyl sites for hydroxylation is 1. The van der Waals surface area contributed by atoms with Crippen LogP contribution in [0.15, 0.2) is 34.9 Å². The highest BCUT2D eigenvalue weighted by Gasteiger charge is 2.30. The average molecular weight is 392 g/mol. The van der Waals surface area contributed by atoms with Gasteiger partial charge in [-0.2, -0.15) is 0 Å². The van der Waals surface area contributed by atoms with E-state index in [1.807, 2.05) is 0 Å². The average Bonchev–Trinajstić information content (AvgIpc) is 3.06. The molecule has 2 rings (SSSR count). The van der Waals surface area contributed by atoms with E-state index in [1.165, 1.54) is 30.3 Å². The van der Waals surface area contributed by atoms with Gasteiger partial charge in [-0.25, -0.2) is 4.39 Å². The van der Waals surface area contributed by atoms with Crippen molar-refractivity contribution in [3.05, 3.63) is 53.2 Å². The molecule has 0 fully saturated rings. The Labute approximate surface area is 163 Å². The van der Waals surface area contributed by atoms with Gasteiger partial charge in [-0.3, -0.25) is 14.4 Å². The number of carbonyl (C=O) groups is 3. The quantitative estimate of drug-likeness (QED) is 0.679. The zero-order valence-corrected chi connectivity index (χ0v) is 15.9. The van der Waals surface area contributed by atoms with Gasteiger partial charge in [-0.1, -0.05) is 31.1 Å². The number of hydrogen-bond acceptors (Lipinski definition) is 5. The molecule has 8 heteroatoms. The highest BCUT2D eigenvalue weighted by Crippen LogP contribution is 2.17. The van der Waals surface area contributed by atoms with Crippen molar-refractivity contribution in [3.8, 4) is 0 Å². The zero-order valence-electron chi connectivity index (χ0n) is 15.9. The molecule has 0 spiro atoms. The minimum absolute atomic E-state index is 0. The number of amides is 1. The van der Waals surface area contributed by atoms with Crippen LogP contribution in [0.5, 0.6) is 0 Å². The van der Waals surface area contributed by atoms with Crippen molar-refractivity contribution >= 4 is 17.7 Å². The number of hydrogen-bond donors (Lipinski definition) is 2. The molecule has 1 heterocycles. The number of carboxylic acid groups (broad SMARTS) is 1. The first-order valence-electron chi connectivity index (χ1n) is 8.91. The van der Waals surface area contributed by atoms with Gasteiger partial charge in [0.1, 0.15) is 11.6 Å². The van der Waals surface area contributed by atoms with Crippen molar-refractivity contribution in [2.45, 2.75) is 39.7 Å². The summed E-state index contributed by atoms with van der Waals surface area (Å²) in [4.78, 5) is 36.6. The van der Waals surface area contributed by atoms with Crippen LogP contribution in [0, 0.1) is 24.6 Å². The normalized spacial score (nSPS) is 13.2. The number of nitrogens with zero attached hydrogens (tertiary/aromatic N) is 1. The van der Waals surface area contributed by atoms with Gasteiger partial charge in [0, 0.05) is 13.9 Å². The maximum Gasteiger partial charge on any atom is 0.307 e. The first-order chi connectivity index (χ1) is 13.2. The molecule has 0 saturated heterocycles. The summed E-state index contributed by atoms with van der Waals surface area (Å²) in [5, 5.41) is 15.7. The van der Waals surface area contributed by atoms with E-state index in [4.69, 9.17) is 4.52 Å². The Bertz CT molecular complexity index is 851. The van der Waals surface area contributed by atoms with Crippen LogP contribution in [-0.4, -0.2) is 34.0 Å². The second-order valence-corrected chi connectivity index (χ2v) is 7.05. The Balaban J connectivity index is 0.00000420. The highest BCUT2D eigenvalue weighted by atomic mass is 19.1. The molecule has 2 atom stereocenters. The minimum atomic E-state index is -1.13. The fourth-order valence-corrected chi connectivity index (χ4v) is 2.83. The molecule has 1 amide bonds. The Hall–Kier alpha value is -3.03. The lowest BCUT2D eigenvalue weighted by Gasteiger charge is -2.22. The predicted molar refractivity (Wildman–Crippen MR) is 100 cm³/mol. The summed E-state index contributed by atoms with van der Waals surface area (Å²) in [6.45, 7) is 5.15. The molecule has 28 heavy (non-hydrogen) atoms. The summed E-state index contributed by atoms with van der Waals surface area (Å²) in [5.41, 5.74) is 0.668. The zero-order chi connectivity index (χ0) is 20.8. The summed E-state index contributed by atoms with van der Waals surface area (Å²) in [7, 11) is 0. The Morgan fingerprint density at radius 3 is 2.39 bits per heavy atom. The lowest BCUT2D eigenvalue weighted by atomic mass is 9.89. The fraction of sp³-hybridized carbons (Fsp3) is 0.400. The Kier molecular flexibility index (Phi) is 7.03. The van der Waals surface area contributed by atoms with Gasteiger partial charge in [0.15, 0.2) is 11.5 Å². The second kappa shape index (κ2) is 9.25. The van der Waals surface area contributed by atoms with Gasteiger partial charge in [0.05, 0.1) is 12.0 Å². The van der Waals surface area contributed by atoms with E-state index in [9.17, 15) is 23.9 Å². The highest BCUT2D eigenvalue weighted by molar-refractivity contribution is 5.97. The number of carboxylic acids is 1. The third-order valence-electron chi connectivity index (χ3n) is 4.35. The fourth-order valence-electron chi connectivity index (χ4n) is 2.83. The number of nitrogens with one attached hydrogen (secondary N) is 1. The van der Waals surface area contributed by atoms with E-state index < -0.39 is 35.4 Å². The number of halogens is 1. The smallest absolute Gasteiger partial charge is 0.307 e. The van der Waals surface area contributed by atoms with Gasteiger partial charge in [0.25, 0.3) is 5.91 Å². The number of aromatic nitrogens is 1. The number of Topliss-reactive ketones (excluding diaryl/α,β-unsaturated/α-hetero) is 1. The summed E-state index contributed by atoms with van der Waals surface area (Å²) in [6, 6.07) is 6.06. The Morgan fingerprint density at radius 2 is 1.89 bits per heavy atom. The summed E-state index contributed by atoms with van der Waals surface area (Å²) in [6.07, 6.45) is -0.170. The molecule has 0 aliphatic carbocycles. The van der Waals surface area contributed by atoms with E-state index in [0.29, 0.717) is 11.3 Å². The van der Waals surface area contributed by atoms with Gasteiger partial charge < -0.3 is 14.9 Å². The second-order valence-electron chi connectivity index (χ2n) is 7.05. The van der Waals surface area contributed by atoms with Crippen LogP contribution in [0.3, 0.4) is 0 Å². The lowest BCUT2D eigenvalue weighted by Crippen LogP contribution is -2.45. The molecule has 152 valence electrons. The van der Waals surface area contributed by atoms with E-state index in [1.54, 1.807) is 20.8 Å². The van der Waals surface area contributed by atoms with Crippen molar-refractivity contribution in [3.63, 3.8) is 0 Å². The van der Waals surface area contributed by atoms with Crippen molar-refractivity contribution in [1.82, 2.24) is 10.5 Å². The third-order valence-corrected chi connectivity index (χ3v) is 4.35. The minimum Gasteiger partial charge on any atom is -0.481 e. The molecular formula is C20H25FN2O5. The maximum absolute atomic E-state index is 13.0. The van der Waals surface area contributed by atoms with E-state index in [-0.39, 0.29) is 25.9 Å². The molecule has 2 aromatic rings.